The van der Waals surface area contributed by atoms with E-state index >= 15 is 0 Å². The molecule has 0 heterocycles. The molecule has 0 N–H and O–H groups in total. The summed E-state index contributed by atoms with van der Waals surface area (Å²) >= 11 is 0. The molecule has 4 rings (SSSR count). The van der Waals surface area contributed by atoms with Crippen molar-refractivity contribution in [2.45, 2.75) is 13.3 Å². The Hall–Kier alpha value is -2.54. The number of ether oxygens (including phenoxy) is 1. The summed E-state index contributed by atoms with van der Waals surface area (Å²) in [6, 6.07) is 23.4. The lowest BCUT2D eigenvalue weighted by Crippen LogP contribution is -1.99. The van der Waals surface area contributed by atoms with Crippen molar-refractivity contribution in [2.75, 3.05) is 6.61 Å². The van der Waals surface area contributed by atoms with Crippen molar-refractivity contribution < 1.29 is 4.74 Å². The molecule has 23 heavy (non-hydrogen) atoms. The maximum atomic E-state index is 6.04. The van der Waals surface area contributed by atoms with Crippen molar-refractivity contribution in [3.05, 3.63) is 84.3 Å². The highest BCUT2D eigenvalue weighted by Gasteiger charge is 2.24. The highest BCUT2D eigenvalue weighted by atomic mass is 16.5. The molecule has 113 valence electrons. The molecule has 0 fully saturated rings. The zero-order chi connectivity index (χ0) is 15.6. The van der Waals surface area contributed by atoms with Gasteiger partial charge in [0.15, 0.2) is 0 Å². The molecular weight excluding hydrogens is 280 g/mol. The van der Waals surface area contributed by atoms with Crippen LogP contribution >= 0.6 is 0 Å². The Morgan fingerprint density at radius 2 is 1.57 bits per heavy atom. The van der Waals surface area contributed by atoms with E-state index in [9.17, 15) is 0 Å². The molecule has 1 nitrogen and oxygen atoms in total. The molecule has 0 bridgehead atoms. The Balaban J connectivity index is 1.91. The predicted octanol–water partition coefficient (Wildman–Crippen LogP) is 5.72. The number of hydrogen-bond acceptors (Lipinski definition) is 1. The van der Waals surface area contributed by atoms with E-state index in [2.05, 4.69) is 80.1 Å². The number of fused-ring (bicyclic) bond motifs is 3. The maximum Gasteiger partial charge on any atom is 0.127 e. The highest BCUT2D eigenvalue weighted by Crippen LogP contribution is 2.46. The number of rotatable bonds is 4. The van der Waals surface area contributed by atoms with Crippen molar-refractivity contribution >= 4 is 0 Å². The third kappa shape index (κ3) is 2.43. The third-order valence-corrected chi connectivity index (χ3v) is 4.28. The lowest BCUT2D eigenvalue weighted by Gasteiger charge is -2.15. The van der Waals surface area contributed by atoms with Crippen LogP contribution in [-0.2, 0) is 0 Å². The second-order valence-corrected chi connectivity index (χ2v) is 5.85. The van der Waals surface area contributed by atoms with Crippen LogP contribution in [0.2, 0.25) is 0 Å². The molecule has 3 aromatic rings. The predicted molar refractivity (Wildman–Crippen MR) is 95.6 cm³/mol. The molecule has 3 aromatic carbocycles. The Labute approximate surface area is 137 Å². The fourth-order valence-corrected chi connectivity index (χ4v) is 3.24. The molecule has 0 saturated heterocycles. The summed E-state index contributed by atoms with van der Waals surface area (Å²) in [7, 11) is 0. The zero-order valence-corrected chi connectivity index (χ0v) is 13.3. The normalized spacial score (nSPS) is 11.9. The fraction of sp³-hybridized carbons (Fsp3) is 0.136. The minimum atomic E-state index is 0.742. The lowest BCUT2D eigenvalue weighted by atomic mass is 9.94. The van der Waals surface area contributed by atoms with Gasteiger partial charge in [-0.15, -0.1) is 0 Å². The van der Waals surface area contributed by atoms with Crippen molar-refractivity contribution in [3.63, 3.8) is 0 Å². The molecule has 0 unspecified atom stereocenters. The first kappa shape index (κ1) is 14.1. The van der Waals surface area contributed by atoms with Gasteiger partial charge in [-0.1, -0.05) is 67.6 Å². The van der Waals surface area contributed by atoms with Gasteiger partial charge in [0.05, 0.1) is 6.61 Å². The summed E-state index contributed by atoms with van der Waals surface area (Å²) in [5.74, 6) is 0.973. The molecule has 0 aliphatic heterocycles. The van der Waals surface area contributed by atoms with Gasteiger partial charge in [0.1, 0.15) is 5.75 Å². The van der Waals surface area contributed by atoms with Crippen LogP contribution in [0.5, 0.6) is 5.75 Å². The minimum Gasteiger partial charge on any atom is -0.493 e. The molecule has 0 spiro atoms. The Morgan fingerprint density at radius 1 is 0.783 bits per heavy atom. The lowest BCUT2D eigenvalue weighted by molar-refractivity contribution is 0.318. The zero-order valence-electron chi connectivity index (χ0n) is 13.3. The first-order chi connectivity index (χ1) is 11.4. The van der Waals surface area contributed by atoms with E-state index in [4.69, 9.17) is 4.74 Å². The van der Waals surface area contributed by atoms with Crippen molar-refractivity contribution in [1.29, 1.82) is 0 Å². The van der Waals surface area contributed by atoms with Crippen LogP contribution in [0, 0.1) is 6.42 Å². The number of benzene rings is 3. The maximum absolute atomic E-state index is 6.04. The van der Waals surface area contributed by atoms with Gasteiger partial charge >= 0.3 is 0 Å². The molecule has 1 aliphatic rings. The van der Waals surface area contributed by atoms with Gasteiger partial charge in [0, 0.05) is 12.0 Å². The second kappa shape index (κ2) is 5.92. The average Bonchev–Trinajstić information content (AvgIpc) is 2.98. The molecular formula is C22H19O. The Morgan fingerprint density at radius 3 is 2.39 bits per heavy atom. The quantitative estimate of drug-likeness (QED) is 0.468. The van der Waals surface area contributed by atoms with Gasteiger partial charge in [0.2, 0.25) is 0 Å². The molecule has 0 saturated carbocycles. The van der Waals surface area contributed by atoms with Gasteiger partial charge < -0.3 is 4.74 Å². The van der Waals surface area contributed by atoms with Crippen LogP contribution < -0.4 is 4.74 Å². The van der Waals surface area contributed by atoms with E-state index in [-0.39, 0.29) is 0 Å². The first-order valence-electron chi connectivity index (χ1n) is 8.18. The van der Waals surface area contributed by atoms with E-state index in [1.807, 2.05) is 0 Å². The Kier molecular flexibility index (Phi) is 3.63. The van der Waals surface area contributed by atoms with Crippen LogP contribution in [-0.4, -0.2) is 6.61 Å². The van der Waals surface area contributed by atoms with E-state index in [0.717, 1.165) is 18.8 Å². The standard InChI is InChI=1S/C22H19O/c1-2-14-23-21-13-12-19-18-11-7-6-10-17(18)15-20(19)22(21)16-8-4-3-5-9-16/h3-13,15H,2,14H2,1H3. The van der Waals surface area contributed by atoms with Crippen LogP contribution in [0.1, 0.15) is 24.5 Å². The van der Waals surface area contributed by atoms with Gasteiger partial charge in [-0.05, 0) is 40.3 Å². The Bertz CT molecular complexity index is 834. The average molecular weight is 299 g/mol. The highest BCUT2D eigenvalue weighted by molar-refractivity contribution is 5.91. The smallest absolute Gasteiger partial charge is 0.127 e. The number of hydrogen-bond donors (Lipinski definition) is 0. The summed E-state index contributed by atoms with van der Waals surface area (Å²) in [4.78, 5) is 0. The van der Waals surface area contributed by atoms with Crippen molar-refractivity contribution in [2.24, 2.45) is 0 Å². The summed E-state index contributed by atoms with van der Waals surface area (Å²) in [6.07, 6.45) is 3.29. The molecule has 0 aromatic heterocycles. The van der Waals surface area contributed by atoms with Crippen LogP contribution in [0.25, 0.3) is 22.3 Å². The van der Waals surface area contributed by atoms with Gasteiger partial charge in [-0.2, -0.15) is 0 Å². The van der Waals surface area contributed by atoms with Gasteiger partial charge in [0.25, 0.3) is 0 Å². The van der Waals surface area contributed by atoms with E-state index in [1.54, 1.807) is 0 Å². The molecule has 1 aliphatic carbocycles. The monoisotopic (exact) mass is 299 g/mol. The summed E-state index contributed by atoms with van der Waals surface area (Å²) in [6.45, 7) is 2.88. The molecule has 0 atom stereocenters. The second-order valence-electron chi connectivity index (χ2n) is 5.85. The van der Waals surface area contributed by atoms with Crippen LogP contribution in [0.15, 0.2) is 66.7 Å². The van der Waals surface area contributed by atoms with Crippen LogP contribution in [0.3, 0.4) is 0 Å². The van der Waals surface area contributed by atoms with Crippen molar-refractivity contribution in [3.8, 4) is 28.0 Å². The fourth-order valence-electron chi connectivity index (χ4n) is 3.24. The largest absolute Gasteiger partial charge is 0.493 e. The summed E-state index contributed by atoms with van der Waals surface area (Å²) < 4.78 is 6.04. The minimum absolute atomic E-state index is 0.742. The topological polar surface area (TPSA) is 9.23 Å². The summed E-state index contributed by atoms with van der Waals surface area (Å²) in [5.41, 5.74) is 7.57. The van der Waals surface area contributed by atoms with E-state index in [0.29, 0.717) is 0 Å². The van der Waals surface area contributed by atoms with E-state index < -0.39 is 0 Å². The third-order valence-electron chi connectivity index (χ3n) is 4.28. The molecule has 0 amide bonds. The molecule has 1 radical (unpaired) electrons. The first-order valence-corrected chi connectivity index (χ1v) is 8.18. The summed E-state index contributed by atoms with van der Waals surface area (Å²) in [5, 5.41) is 0. The SMILES string of the molecule is CCCOc1ccc2c(c1-c1ccccc1)[CH]c1ccccc1-2. The van der Waals surface area contributed by atoms with E-state index in [1.165, 1.54) is 33.4 Å². The van der Waals surface area contributed by atoms with Crippen molar-refractivity contribution in [1.82, 2.24) is 0 Å². The van der Waals surface area contributed by atoms with Crippen LogP contribution in [0.4, 0.5) is 0 Å². The van der Waals surface area contributed by atoms with Gasteiger partial charge in [-0.3, -0.25) is 0 Å². The molecule has 1 heteroatoms. The van der Waals surface area contributed by atoms with Gasteiger partial charge in [-0.25, -0.2) is 0 Å².